The lowest BCUT2D eigenvalue weighted by molar-refractivity contribution is -0.137. The first-order valence-corrected chi connectivity index (χ1v) is 6.06. The van der Waals surface area contributed by atoms with Gasteiger partial charge in [-0.05, 0) is 23.3 Å². The Kier molecular flexibility index (Phi) is 4.12. The number of hydrogen-bond acceptors (Lipinski definition) is 1. The monoisotopic (exact) mass is 292 g/mol. The van der Waals surface area contributed by atoms with Crippen molar-refractivity contribution in [3.05, 3.63) is 65.7 Å². The third-order valence-corrected chi connectivity index (χ3v) is 2.87. The minimum Gasteiger partial charge on any atom is -0.478 e. The summed E-state index contributed by atoms with van der Waals surface area (Å²) >= 11 is 0. The number of carboxylic acid groups (broad SMARTS) is 1. The Balaban J connectivity index is 2.70. The van der Waals surface area contributed by atoms with E-state index in [0.717, 1.165) is 12.1 Å². The van der Waals surface area contributed by atoms with E-state index < -0.39 is 17.7 Å². The minimum atomic E-state index is -4.52. The van der Waals surface area contributed by atoms with Crippen LogP contribution in [0, 0.1) is 0 Å². The fraction of sp³-hybridized carbons (Fsp3) is 0.0625. The molecule has 2 aromatic rings. The van der Waals surface area contributed by atoms with Crippen LogP contribution in [-0.4, -0.2) is 11.1 Å². The molecule has 0 saturated carbocycles. The van der Waals surface area contributed by atoms with E-state index in [1.54, 1.807) is 30.3 Å². The average molecular weight is 292 g/mol. The zero-order chi connectivity index (χ0) is 15.5. The number of alkyl halides is 3. The summed E-state index contributed by atoms with van der Waals surface area (Å²) in [4.78, 5) is 10.6. The highest BCUT2D eigenvalue weighted by atomic mass is 19.4. The summed E-state index contributed by atoms with van der Waals surface area (Å²) < 4.78 is 39.5. The average Bonchev–Trinajstić information content (AvgIpc) is 2.44. The van der Waals surface area contributed by atoms with Crippen LogP contribution in [0.1, 0.15) is 11.1 Å². The molecule has 0 amide bonds. The molecule has 0 radical (unpaired) electrons. The van der Waals surface area contributed by atoms with Gasteiger partial charge in [0.15, 0.2) is 0 Å². The Morgan fingerprint density at radius 2 is 1.67 bits per heavy atom. The van der Waals surface area contributed by atoms with Crippen molar-refractivity contribution in [1.82, 2.24) is 0 Å². The van der Waals surface area contributed by atoms with Crippen LogP contribution in [0.15, 0.2) is 54.6 Å². The molecule has 21 heavy (non-hydrogen) atoms. The topological polar surface area (TPSA) is 37.3 Å². The Hall–Kier alpha value is -2.56. The molecule has 2 aromatic carbocycles. The summed E-state index contributed by atoms with van der Waals surface area (Å²) in [5.74, 6) is -1.22. The van der Waals surface area contributed by atoms with Gasteiger partial charge in [-0.2, -0.15) is 13.2 Å². The first-order chi connectivity index (χ1) is 9.89. The van der Waals surface area contributed by atoms with Gasteiger partial charge in [-0.3, -0.25) is 0 Å². The molecule has 0 aliphatic carbocycles. The predicted octanol–water partition coefficient (Wildman–Crippen LogP) is 4.47. The molecule has 0 heterocycles. The van der Waals surface area contributed by atoms with Crippen LogP contribution in [0.5, 0.6) is 0 Å². The van der Waals surface area contributed by atoms with Crippen molar-refractivity contribution < 1.29 is 23.1 Å². The molecule has 0 aliphatic rings. The fourth-order valence-electron chi connectivity index (χ4n) is 2.03. The number of aliphatic carboxylic acids is 1. The fourth-order valence-corrected chi connectivity index (χ4v) is 2.03. The van der Waals surface area contributed by atoms with Crippen molar-refractivity contribution in [3.63, 3.8) is 0 Å². The Bertz CT molecular complexity index is 674. The quantitative estimate of drug-likeness (QED) is 0.847. The molecule has 0 aliphatic heterocycles. The zero-order valence-electron chi connectivity index (χ0n) is 10.8. The van der Waals surface area contributed by atoms with Gasteiger partial charge >= 0.3 is 12.1 Å². The van der Waals surface area contributed by atoms with Crippen molar-refractivity contribution in [1.29, 1.82) is 0 Å². The minimum absolute atomic E-state index is 0.0249. The number of carbonyl (C=O) groups is 1. The van der Waals surface area contributed by atoms with E-state index in [4.69, 9.17) is 5.11 Å². The number of rotatable bonds is 3. The summed E-state index contributed by atoms with van der Waals surface area (Å²) in [5.41, 5.74) is -0.224. The van der Waals surface area contributed by atoms with Crippen molar-refractivity contribution in [2.45, 2.75) is 6.18 Å². The lowest BCUT2D eigenvalue weighted by Gasteiger charge is -2.15. The van der Waals surface area contributed by atoms with Crippen LogP contribution < -0.4 is 0 Å². The molecular weight excluding hydrogens is 281 g/mol. The molecule has 0 aromatic heterocycles. The largest absolute Gasteiger partial charge is 0.478 e. The van der Waals surface area contributed by atoms with Gasteiger partial charge in [0.2, 0.25) is 0 Å². The van der Waals surface area contributed by atoms with E-state index in [9.17, 15) is 18.0 Å². The van der Waals surface area contributed by atoms with Gasteiger partial charge in [-0.15, -0.1) is 0 Å². The summed E-state index contributed by atoms with van der Waals surface area (Å²) in [5, 5.41) is 8.66. The summed E-state index contributed by atoms with van der Waals surface area (Å²) in [6.45, 7) is 0. The van der Waals surface area contributed by atoms with Crippen molar-refractivity contribution in [2.75, 3.05) is 0 Å². The summed E-state index contributed by atoms with van der Waals surface area (Å²) in [7, 11) is 0. The Labute approximate surface area is 119 Å². The molecule has 5 heteroatoms. The maximum atomic E-state index is 13.2. The molecule has 0 spiro atoms. The number of hydrogen-bond donors (Lipinski definition) is 1. The third kappa shape index (κ3) is 3.51. The normalized spacial score (nSPS) is 11.8. The van der Waals surface area contributed by atoms with Gasteiger partial charge in [0.05, 0.1) is 5.56 Å². The Morgan fingerprint density at radius 3 is 2.24 bits per heavy atom. The number of carboxylic acids is 1. The van der Waals surface area contributed by atoms with Crippen molar-refractivity contribution in [3.8, 4) is 11.1 Å². The summed E-state index contributed by atoms with van der Waals surface area (Å²) in [6.07, 6.45) is -2.53. The van der Waals surface area contributed by atoms with Crippen LogP contribution in [0.3, 0.4) is 0 Å². The van der Waals surface area contributed by atoms with E-state index in [0.29, 0.717) is 5.56 Å². The van der Waals surface area contributed by atoms with Crippen molar-refractivity contribution >= 4 is 12.0 Å². The molecule has 2 rings (SSSR count). The van der Waals surface area contributed by atoms with E-state index in [1.165, 1.54) is 18.2 Å². The SMILES string of the molecule is O=C(O)C=Cc1cccc(C(F)(F)F)c1-c1ccccc1. The number of benzene rings is 2. The molecule has 2 nitrogen and oxygen atoms in total. The first-order valence-electron chi connectivity index (χ1n) is 6.06. The van der Waals surface area contributed by atoms with Gasteiger partial charge in [0.1, 0.15) is 0 Å². The lowest BCUT2D eigenvalue weighted by Crippen LogP contribution is -2.08. The van der Waals surface area contributed by atoms with Crippen molar-refractivity contribution in [2.24, 2.45) is 0 Å². The molecule has 0 saturated heterocycles. The van der Waals surface area contributed by atoms with Crippen LogP contribution >= 0.6 is 0 Å². The molecule has 0 bridgehead atoms. The van der Waals surface area contributed by atoms with E-state index in [2.05, 4.69) is 0 Å². The van der Waals surface area contributed by atoms with Gasteiger partial charge < -0.3 is 5.11 Å². The maximum absolute atomic E-state index is 13.2. The molecule has 0 unspecified atom stereocenters. The van der Waals surface area contributed by atoms with E-state index >= 15 is 0 Å². The molecular formula is C16H11F3O2. The molecule has 1 N–H and O–H groups in total. The van der Waals surface area contributed by atoms with E-state index in [-0.39, 0.29) is 11.1 Å². The van der Waals surface area contributed by atoms with Crippen LogP contribution in [0.4, 0.5) is 13.2 Å². The van der Waals surface area contributed by atoms with Gasteiger partial charge in [0.25, 0.3) is 0 Å². The zero-order valence-corrected chi connectivity index (χ0v) is 10.8. The van der Waals surface area contributed by atoms with Crippen LogP contribution in [-0.2, 0) is 11.0 Å². The van der Waals surface area contributed by atoms with Gasteiger partial charge in [0, 0.05) is 11.6 Å². The standard InChI is InChI=1S/C16H11F3O2/c17-16(18,19)13-8-4-7-12(9-10-14(20)21)15(13)11-5-2-1-3-6-11/h1-10H,(H,20,21). The second-order valence-electron chi connectivity index (χ2n) is 4.31. The molecule has 0 atom stereocenters. The molecule has 108 valence electrons. The predicted molar refractivity (Wildman–Crippen MR) is 73.5 cm³/mol. The first kappa shape index (κ1) is 14.8. The second kappa shape index (κ2) is 5.83. The van der Waals surface area contributed by atoms with Crippen LogP contribution in [0.25, 0.3) is 17.2 Å². The second-order valence-corrected chi connectivity index (χ2v) is 4.31. The highest BCUT2D eigenvalue weighted by molar-refractivity contribution is 5.88. The van der Waals surface area contributed by atoms with E-state index in [1.807, 2.05) is 0 Å². The lowest BCUT2D eigenvalue weighted by atomic mass is 9.93. The highest BCUT2D eigenvalue weighted by Gasteiger charge is 2.34. The smallest absolute Gasteiger partial charge is 0.417 e. The maximum Gasteiger partial charge on any atom is 0.417 e. The van der Waals surface area contributed by atoms with Crippen LogP contribution in [0.2, 0.25) is 0 Å². The van der Waals surface area contributed by atoms with Gasteiger partial charge in [-0.1, -0.05) is 42.5 Å². The Morgan fingerprint density at radius 1 is 1.00 bits per heavy atom. The van der Waals surface area contributed by atoms with Gasteiger partial charge in [-0.25, -0.2) is 4.79 Å². The number of halogens is 3. The summed E-state index contributed by atoms with van der Waals surface area (Å²) in [6, 6.07) is 11.8. The third-order valence-electron chi connectivity index (χ3n) is 2.87. The molecule has 0 fully saturated rings. The highest BCUT2D eigenvalue weighted by Crippen LogP contribution is 2.39.